The van der Waals surface area contributed by atoms with Gasteiger partial charge in [-0.15, -0.1) is 0 Å². The summed E-state index contributed by atoms with van der Waals surface area (Å²) in [4.78, 5) is 0. The predicted molar refractivity (Wildman–Crippen MR) is 106 cm³/mol. The fraction of sp³-hybridized carbons (Fsp3) is 0.0833. The maximum Gasteiger partial charge on any atom is 0.141 e. The zero-order chi connectivity index (χ0) is 22.0. The van der Waals surface area contributed by atoms with E-state index >= 15 is 0 Å². The zero-order valence-corrected chi connectivity index (χ0v) is 16.0. The number of aryl methyl sites for hydroxylation is 2. The summed E-state index contributed by atoms with van der Waals surface area (Å²) in [6.07, 6.45) is 0. The summed E-state index contributed by atoms with van der Waals surface area (Å²) >= 11 is 0. The third kappa shape index (κ3) is 3.35. The minimum Gasteiger partial charge on any atom is -0.206 e. The van der Waals surface area contributed by atoms with Gasteiger partial charge < -0.3 is 0 Å². The first kappa shape index (κ1) is 20.2. The summed E-state index contributed by atoms with van der Waals surface area (Å²) < 4.78 is 28.4. The summed E-state index contributed by atoms with van der Waals surface area (Å²) in [6, 6.07) is 15.6. The second-order valence-electron chi connectivity index (χ2n) is 6.68. The number of halogens is 2. The van der Waals surface area contributed by atoms with E-state index in [0.717, 1.165) is 12.1 Å². The molecular formula is C24H12F2N4. The van der Waals surface area contributed by atoms with Crippen molar-refractivity contribution in [2.45, 2.75) is 13.8 Å². The molecule has 0 aliphatic rings. The van der Waals surface area contributed by atoms with Crippen LogP contribution in [0.1, 0.15) is 33.4 Å². The highest BCUT2D eigenvalue weighted by Crippen LogP contribution is 2.36. The maximum atomic E-state index is 14.2. The van der Waals surface area contributed by atoms with E-state index in [1.54, 1.807) is 38.1 Å². The summed E-state index contributed by atoms with van der Waals surface area (Å²) in [6.45, 7) is 3.50. The molecule has 3 aromatic rings. The lowest BCUT2D eigenvalue weighted by atomic mass is 9.88. The molecule has 0 spiro atoms. The molecule has 0 saturated carbocycles. The highest BCUT2D eigenvalue weighted by atomic mass is 19.1. The smallest absolute Gasteiger partial charge is 0.141 e. The van der Waals surface area contributed by atoms with Crippen molar-refractivity contribution < 1.29 is 8.78 Å². The van der Waals surface area contributed by atoms with E-state index < -0.39 is 11.6 Å². The first-order valence-corrected chi connectivity index (χ1v) is 8.74. The van der Waals surface area contributed by atoms with E-state index in [1.807, 2.05) is 12.1 Å². The molecule has 6 heteroatoms. The monoisotopic (exact) mass is 394 g/mol. The van der Waals surface area contributed by atoms with Crippen LogP contribution >= 0.6 is 0 Å². The Labute approximate surface area is 172 Å². The summed E-state index contributed by atoms with van der Waals surface area (Å²) in [5.74, 6) is -1.46. The fourth-order valence-corrected chi connectivity index (χ4v) is 3.35. The topological polar surface area (TPSA) is 95.2 Å². The summed E-state index contributed by atoms with van der Waals surface area (Å²) in [7, 11) is 0. The van der Waals surface area contributed by atoms with Crippen molar-refractivity contribution in [3.05, 3.63) is 81.4 Å². The SMILES string of the molecule is Cc1cc(-c2cc(F)c(C#N)cc2C#N)c(C)cc1-c1cc(F)c(C#N)cc1C#N. The van der Waals surface area contributed by atoms with E-state index in [4.69, 9.17) is 10.5 Å². The molecule has 142 valence electrons. The number of hydrogen-bond acceptors (Lipinski definition) is 4. The molecule has 4 nitrogen and oxygen atoms in total. The van der Waals surface area contributed by atoms with E-state index in [1.165, 1.54) is 12.1 Å². The molecule has 0 aromatic heterocycles. The molecule has 3 aromatic carbocycles. The van der Waals surface area contributed by atoms with Crippen LogP contribution in [0.2, 0.25) is 0 Å². The van der Waals surface area contributed by atoms with Gasteiger partial charge in [0, 0.05) is 11.1 Å². The van der Waals surface area contributed by atoms with Crippen LogP contribution in [0.4, 0.5) is 8.78 Å². The molecule has 0 heterocycles. The molecular weight excluding hydrogens is 382 g/mol. The van der Waals surface area contributed by atoms with Gasteiger partial charge in [-0.05, 0) is 60.4 Å². The van der Waals surface area contributed by atoms with Gasteiger partial charge in [0.1, 0.15) is 23.8 Å². The standard InChI is InChI=1S/C24H12F2N4/c1-13-3-20(22-8-24(26)18(12-30)6-16(22)10-28)14(2)4-19(13)21-7-23(25)17(11-29)5-15(21)9-27/h3-8H,1-2H3. The molecule has 3 rings (SSSR count). The van der Waals surface area contributed by atoms with Crippen LogP contribution in [-0.2, 0) is 0 Å². The van der Waals surface area contributed by atoms with Crippen molar-refractivity contribution in [1.82, 2.24) is 0 Å². The Bertz CT molecular complexity index is 1270. The second kappa shape index (κ2) is 7.84. The number of nitrogens with zero attached hydrogens (tertiary/aromatic N) is 4. The highest BCUT2D eigenvalue weighted by Gasteiger charge is 2.18. The highest BCUT2D eigenvalue weighted by molar-refractivity contribution is 5.81. The van der Waals surface area contributed by atoms with Gasteiger partial charge >= 0.3 is 0 Å². The number of hydrogen-bond donors (Lipinski definition) is 0. The third-order valence-electron chi connectivity index (χ3n) is 4.85. The van der Waals surface area contributed by atoms with E-state index in [9.17, 15) is 19.3 Å². The second-order valence-corrected chi connectivity index (χ2v) is 6.68. The normalized spacial score (nSPS) is 9.87. The molecule has 0 aliphatic heterocycles. The Morgan fingerprint density at radius 1 is 0.500 bits per heavy atom. The van der Waals surface area contributed by atoms with Crippen molar-refractivity contribution >= 4 is 0 Å². The molecule has 30 heavy (non-hydrogen) atoms. The third-order valence-corrected chi connectivity index (χ3v) is 4.85. The van der Waals surface area contributed by atoms with Crippen molar-refractivity contribution in [2.75, 3.05) is 0 Å². The quantitative estimate of drug-likeness (QED) is 0.581. The average Bonchev–Trinajstić information content (AvgIpc) is 2.74. The van der Waals surface area contributed by atoms with Crippen LogP contribution in [0.25, 0.3) is 22.3 Å². The number of benzene rings is 3. The lowest BCUT2D eigenvalue weighted by molar-refractivity contribution is 0.624. The van der Waals surface area contributed by atoms with Gasteiger partial charge in [0.25, 0.3) is 0 Å². The molecule has 0 unspecified atom stereocenters. The van der Waals surface area contributed by atoms with Crippen molar-refractivity contribution in [1.29, 1.82) is 21.0 Å². The van der Waals surface area contributed by atoms with Gasteiger partial charge in [0.2, 0.25) is 0 Å². The predicted octanol–water partition coefficient (Wildman–Crippen LogP) is 5.40. The molecule has 0 atom stereocenters. The number of rotatable bonds is 2. The minimum absolute atomic E-state index is 0.158. The first-order chi connectivity index (χ1) is 14.3. The summed E-state index contributed by atoms with van der Waals surface area (Å²) in [5, 5.41) is 36.9. The van der Waals surface area contributed by atoms with Gasteiger partial charge in [-0.25, -0.2) is 8.78 Å². The van der Waals surface area contributed by atoms with Crippen LogP contribution in [0.5, 0.6) is 0 Å². The zero-order valence-electron chi connectivity index (χ0n) is 16.0. The Morgan fingerprint density at radius 2 is 0.833 bits per heavy atom. The van der Waals surface area contributed by atoms with Gasteiger partial charge in [-0.3, -0.25) is 0 Å². The van der Waals surface area contributed by atoms with Crippen molar-refractivity contribution in [2.24, 2.45) is 0 Å². The molecule has 0 bridgehead atoms. The van der Waals surface area contributed by atoms with E-state index in [0.29, 0.717) is 33.4 Å². The molecule has 0 amide bonds. The Balaban J connectivity index is 2.26. The Kier molecular flexibility index (Phi) is 5.29. The largest absolute Gasteiger partial charge is 0.206 e. The molecule has 0 N–H and O–H groups in total. The van der Waals surface area contributed by atoms with Crippen LogP contribution in [0.15, 0.2) is 36.4 Å². The van der Waals surface area contributed by atoms with Crippen LogP contribution < -0.4 is 0 Å². The van der Waals surface area contributed by atoms with Gasteiger partial charge in [0.15, 0.2) is 0 Å². The van der Waals surface area contributed by atoms with Crippen LogP contribution in [0.3, 0.4) is 0 Å². The molecule has 0 aliphatic carbocycles. The molecule has 0 fully saturated rings. The van der Waals surface area contributed by atoms with Crippen molar-refractivity contribution in [3.63, 3.8) is 0 Å². The summed E-state index contributed by atoms with van der Waals surface area (Å²) in [5.41, 5.74) is 3.08. The van der Waals surface area contributed by atoms with E-state index in [-0.39, 0.29) is 22.3 Å². The lowest BCUT2D eigenvalue weighted by Crippen LogP contribution is -1.97. The number of nitriles is 4. The molecule has 0 saturated heterocycles. The van der Waals surface area contributed by atoms with Gasteiger partial charge in [0.05, 0.1) is 34.4 Å². The van der Waals surface area contributed by atoms with Crippen LogP contribution in [0, 0.1) is 70.8 Å². The average molecular weight is 394 g/mol. The van der Waals surface area contributed by atoms with Crippen molar-refractivity contribution in [3.8, 4) is 46.5 Å². The van der Waals surface area contributed by atoms with Gasteiger partial charge in [-0.1, -0.05) is 12.1 Å². The Hall–Kier alpha value is -4.52. The first-order valence-electron chi connectivity index (χ1n) is 8.74. The van der Waals surface area contributed by atoms with Crippen LogP contribution in [-0.4, -0.2) is 0 Å². The fourth-order valence-electron chi connectivity index (χ4n) is 3.35. The molecule has 0 radical (unpaired) electrons. The minimum atomic E-state index is -0.728. The van der Waals surface area contributed by atoms with Gasteiger partial charge in [-0.2, -0.15) is 21.0 Å². The maximum absolute atomic E-state index is 14.2. The van der Waals surface area contributed by atoms with E-state index in [2.05, 4.69) is 0 Å². The Morgan fingerprint density at radius 3 is 1.13 bits per heavy atom. The lowest BCUT2D eigenvalue weighted by Gasteiger charge is -2.15.